The van der Waals surface area contributed by atoms with Gasteiger partial charge in [0.1, 0.15) is 0 Å². The topological polar surface area (TPSA) is 0 Å². The van der Waals surface area contributed by atoms with Crippen molar-refractivity contribution in [2.75, 3.05) is 0 Å². The van der Waals surface area contributed by atoms with Crippen molar-refractivity contribution < 1.29 is 0 Å². The molecule has 0 spiro atoms. The van der Waals surface area contributed by atoms with Crippen LogP contribution in [-0.4, -0.2) is 0 Å². The Kier molecular flexibility index (Phi) is 4.56. The van der Waals surface area contributed by atoms with Crippen molar-refractivity contribution in [1.82, 2.24) is 0 Å². The van der Waals surface area contributed by atoms with Gasteiger partial charge in [0.05, 0.1) is 0 Å². The molecule has 0 saturated heterocycles. The summed E-state index contributed by atoms with van der Waals surface area (Å²) in [7, 11) is 0. The van der Waals surface area contributed by atoms with Crippen molar-refractivity contribution in [2.45, 2.75) is 9.79 Å². The SMILES string of the molecule is Sc1ccccc1C1=CSC=C(c2ccccc2S)S1. The van der Waals surface area contributed by atoms with E-state index in [1.54, 1.807) is 23.5 Å². The van der Waals surface area contributed by atoms with E-state index in [0.717, 1.165) is 9.79 Å². The van der Waals surface area contributed by atoms with Crippen LogP contribution < -0.4 is 0 Å². The van der Waals surface area contributed by atoms with Crippen LogP contribution in [0.4, 0.5) is 0 Å². The maximum absolute atomic E-state index is 4.55. The average Bonchev–Trinajstić information content (AvgIpc) is 2.48. The second-order valence-corrected chi connectivity index (χ2v) is 7.03. The summed E-state index contributed by atoms with van der Waals surface area (Å²) in [6, 6.07) is 16.4. The highest BCUT2D eigenvalue weighted by Gasteiger charge is 2.15. The second kappa shape index (κ2) is 6.39. The fraction of sp³-hybridized carbons (Fsp3) is 0. The van der Waals surface area contributed by atoms with E-state index >= 15 is 0 Å². The lowest BCUT2D eigenvalue weighted by molar-refractivity contribution is 1.43. The van der Waals surface area contributed by atoms with Gasteiger partial charge in [-0.05, 0) is 22.9 Å². The van der Waals surface area contributed by atoms with Crippen LogP contribution in [0.1, 0.15) is 11.1 Å². The van der Waals surface area contributed by atoms with Crippen LogP contribution in [0.5, 0.6) is 0 Å². The Labute approximate surface area is 138 Å². The van der Waals surface area contributed by atoms with Gasteiger partial charge >= 0.3 is 0 Å². The van der Waals surface area contributed by atoms with Gasteiger partial charge in [0.15, 0.2) is 0 Å². The molecular weight excluding hydrogens is 320 g/mol. The van der Waals surface area contributed by atoms with E-state index in [-0.39, 0.29) is 0 Å². The highest BCUT2D eigenvalue weighted by Crippen LogP contribution is 2.47. The fourth-order valence-electron chi connectivity index (χ4n) is 1.93. The third-order valence-electron chi connectivity index (χ3n) is 2.91. The summed E-state index contributed by atoms with van der Waals surface area (Å²) < 4.78 is 0. The van der Waals surface area contributed by atoms with Crippen LogP contribution in [0.2, 0.25) is 0 Å². The van der Waals surface area contributed by atoms with Gasteiger partial charge in [-0.1, -0.05) is 48.2 Å². The molecule has 0 N–H and O–H groups in total. The maximum Gasteiger partial charge on any atom is 0.0272 e. The lowest BCUT2D eigenvalue weighted by Gasteiger charge is -2.17. The molecule has 0 fully saturated rings. The molecule has 1 heterocycles. The lowest BCUT2D eigenvalue weighted by atomic mass is 10.2. The minimum atomic E-state index is 1.01. The fourth-order valence-corrected chi connectivity index (χ4v) is 4.74. The molecule has 3 rings (SSSR count). The smallest absolute Gasteiger partial charge is 0.0272 e. The van der Waals surface area contributed by atoms with Crippen molar-refractivity contribution in [3.8, 4) is 0 Å². The molecule has 0 bridgehead atoms. The van der Waals surface area contributed by atoms with E-state index in [4.69, 9.17) is 0 Å². The van der Waals surface area contributed by atoms with Gasteiger partial charge in [0.2, 0.25) is 0 Å². The molecule has 0 saturated carbocycles. The Morgan fingerprint density at radius 3 is 1.55 bits per heavy atom. The molecule has 0 unspecified atom stereocenters. The second-order valence-electron chi connectivity index (χ2n) is 4.24. The normalized spacial score (nSPS) is 14.7. The van der Waals surface area contributed by atoms with E-state index in [1.807, 2.05) is 36.4 Å². The predicted octanol–water partition coefficient (Wildman–Crippen LogP) is 6.04. The Hall–Kier alpha value is -0.680. The number of hydrogen-bond acceptors (Lipinski definition) is 4. The first-order valence-electron chi connectivity index (χ1n) is 6.06. The van der Waals surface area contributed by atoms with E-state index < -0.39 is 0 Å². The molecule has 0 aliphatic carbocycles. The maximum atomic E-state index is 4.55. The van der Waals surface area contributed by atoms with Gasteiger partial charge in [-0.2, -0.15) is 0 Å². The number of hydrogen-bond donors (Lipinski definition) is 2. The van der Waals surface area contributed by atoms with Gasteiger partial charge < -0.3 is 0 Å². The standard InChI is InChI=1S/C16H12S4/c17-13-7-3-1-5-11(13)15-9-19-10-16(20-15)12-6-2-4-8-14(12)18/h1-10,17-18H. The van der Waals surface area contributed by atoms with E-state index in [0.29, 0.717) is 0 Å². The molecular formula is C16H12S4. The summed E-state index contributed by atoms with van der Waals surface area (Å²) in [4.78, 5) is 4.48. The van der Waals surface area contributed by atoms with Crippen LogP contribution >= 0.6 is 48.8 Å². The molecule has 1 aliphatic rings. The molecule has 0 aromatic heterocycles. The Balaban J connectivity index is 1.92. The molecule has 0 nitrogen and oxygen atoms in total. The largest absolute Gasteiger partial charge is 0.143 e. The Bertz CT molecular complexity index is 642. The Morgan fingerprint density at radius 1 is 0.650 bits per heavy atom. The number of thiol groups is 2. The monoisotopic (exact) mass is 332 g/mol. The summed E-state index contributed by atoms with van der Waals surface area (Å²) >= 11 is 12.6. The number of benzene rings is 2. The summed E-state index contributed by atoms with van der Waals surface area (Å²) in [5.74, 6) is 0. The first-order valence-corrected chi connectivity index (χ1v) is 8.71. The van der Waals surface area contributed by atoms with E-state index in [2.05, 4.69) is 48.2 Å². The molecule has 1 aliphatic heterocycles. The van der Waals surface area contributed by atoms with E-state index in [9.17, 15) is 0 Å². The highest BCUT2D eigenvalue weighted by molar-refractivity contribution is 8.20. The van der Waals surface area contributed by atoms with Crippen LogP contribution in [0.15, 0.2) is 69.1 Å². The summed E-state index contributed by atoms with van der Waals surface area (Å²) in [5, 5.41) is 4.34. The van der Waals surface area contributed by atoms with Gasteiger partial charge in [-0.15, -0.1) is 37.0 Å². The third-order valence-corrected chi connectivity index (χ3v) is 5.85. The summed E-state index contributed by atoms with van der Waals surface area (Å²) in [6.45, 7) is 0. The minimum Gasteiger partial charge on any atom is -0.143 e. The quantitative estimate of drug-likeness (QED) is 0.643. The Morgan fingerprint density at radius 2 is 1.10 bits per heavy atom. The molecule has 4 heteroatoms. The zero-order valence-electron chi connectivity index (χ0n) is 10.5. The third kappa shape index (κ3) is 2.98. The van der Waals surface area contributed by atoms with Crippen LogP contribution in [0, 0.1) is 0 Å². The number of thioether (sulfide) groups is 2. The van der Waals surface area contributed by atoms with Crippen LogP contribution in [0.25, 0.3) is 9.81 Å². The van der Waals surface area contributed by atoms with Crippen LogP contribution in [0.3, 0.4) is 0 Å². The van der Waals surface area contributed by atoms with Crippen LogP contribution in [-0.2, 0) is 0 Å². The summed E-state index contributed by atoms with van der Waals surface area (Å²) in [5.41, 5.74) is 2.35. The van der Waals surface area contributed by atoms with Crippen molar-refractivity contribution >= 4 is 58.6 Å². The summed E-state index contributed by atoms with van der Waals surface area (Å²) in [6.07, 6.45) is 0. The van der Waals surface area contributed by atoms with Crippen molar-refractivity contribution in [3.05, 3.63) is 70.5 Å². The average molecular weight is 333 g/mol. The van der Waals surface area contributed by atoms with Gasteiger partial charge in [-0.25, -0.2) is 0 Å². The number of rotatable bonds is 2. The lowest BCUT2D eigenvalue weighted by Crippen LogP contribution is -1.88. The molecule has 2 aromatic carbocycles. The molecule has 0 atom stereocenters. The zero-order chi connectivity index (χ0) is 13.9. The first kappa shape index (κ1) is 14.3. The van der Waals surface area contributed by atoms with Gasteiger partial charge in [0, 0.05) is 30.7 Å². The minimum absolute atomic E-state index is 1.01. The van der Waals surface area contributed by atoms with Gasteiger partial charge in [0.25, 0.3) is 0 Å². The molecule has 2 aromatic rings. The first-order chi connectivity index (χ1) is 9.75. The predicted molar refractivity (Wildman–Crippen MR) is 98.5 cm³/mol. The molecule has 100 valence electrons. The molecule has 0 amide bonds. The van der Waals surface area contributed by atoms with Gasteiger partial charge in [-0.3, -0.25) is 0 Å². The molecule has 20 heavy (non-hydrogen) atoms. The van der Waals surface area contributed by atoms with Crippen molar-refractivity contribution in [1.29, 1.82) is 0 Å². The highest BCUT2D eigenvalue weighted by atomic mass is 32.2. The van der Waals surface area contributed by atoms with Crippen molar-refractivity contribution in [2.24, 2.45) is 0 Å². The zero-order valence-corrected chi connectivity index (χ0v) is 13.9. The molecule has 0 radical (unpaired) electrons. The van der Waals surface area contributed by atoms with Crippen molar-refractivity contribution in [3.63, 3.8) is 0 Å². The van der Waals surface area contributed by atoms with E-state index in [1.165, 1.54) is 20.9 Å².